The Morgan fingerprint density at radius 3 is 2.56 bits per heavy atom. The van der Waals surface area contributed by atoms with Gasteiger partial charge in [0.05, 0.1) is 41.3 Å². The van der Waals surface area contributed by atoms with Crippen LogP contribution in [0, 0.1) is 11.3 Å². The van der Waals surface area contributed by atoms with Crippen molar-refractivity contribution in [3.63, 3.8) is 0 Å². The first-order valence-electron chi connectivity index (χ1n) is 12.8. The number of aromatic carboxylic acids is 1. The van der Waals surface area contributed by atoms with Crippen LogP contribution < -0.4 is 0 Å². The minimum absolute atomic E-state index is 0.0214. The summed E-state index contributed by atoms with van der Waals surface area (Å²) in [6.07, 6.45) is 5.53. The Hall–Kier alpha value is -5.07. The van der Waals surface area contributed by atoms with E-state index in [1.807, 2.05) is 12.1 Å². The molecule has 10 heteroatoms. The summed E-state index contributed by atoms with van der Waals surface area (Å²) >= 11 is 6.31. The normalized spacial score (nSPS) is 13.8. The molecular formula is C31H24ClN5O4. The Bertz CT molecular complexity index is 1690. The molecule has 4 aromatic rings. The molecule has 41 heavy (non-hydrogen) atoms. The topological polar surface area (TPSA) is 129 Å². The molecule has 1 aromatic heterocycles. The van der Waals surface area contributed by atoms with E-state index in [4.69, 9.17) is 11.6 Å². The van der Waals surface area contributed by atoms with Gasteiger partial charge in [0.2, 0.25) is 5.91 Å². The third-order valence-corrected chi connectivity index (χ3v) is 7.22. The zero-order chi connectivity index (χ0) is 28.9. The van der Waals surface area contributed by atoms with Crippen molar-refractivity contribution in [2.75, 3.05) is 6.54 Å². The SMILES string of the molecule is N#Cc1cccc(C[C@@H](C(=O)Cc2ccc(C(=O)O)cc2)N2CCC(c3cc(Cl)ccc3-n3ccnn3)=CC2=O)c1. The first-order valence-corrected chi connectivity index (χ1v) is 13.2. The van der Waals surface area contributed by atoms with E-state index in [9.17, 15) is 24.8 Å². The summed E-state index contributed by atoms with van der Waals surface area (Å²) in [7, 11) is 0. The number of halogens is 1. The lowest BCUT2D eigenvalue weighted by Gasteiger charge is -2.34. The number of nitrogens with zero attached hydrogens (tertiary/aromatic N) is 5. The summed E-state index contributed by atoms with van der Waals surface area (Å²) in [5.74, 6) is -1.55. The standard InChI is InChI=1S/C31H24ClN5O4/c32-25-8-9-27(37-13-11-34-35-37)26(18-25)24-10-12-36(30(39)17-24)28(15-21-2-1-3-22(14-21)19-33)29(38)16-20-4-6-23(7-5-20)31(40)41/h1-9,11,13-14,17-18,28H,10,12,15-16H2,(H,40,41)/t28-/m0/s1. The fourth-order valence-electron chi connectivity index (χ4n) is 4.95. The van der Waals surface area contributed by atoms with Crippen LogP contribution in [0.2, 0.25) is 5.02 Å². The fourth-order valence-corrected chi connectivity index (χ4v) is 5.12. The molecule has 0 aliphatic carbocycles. The quantitative estimate of drug-likeness (QED) is 0.315. The Balaban J connectivity index is 1.45. The number of rotatable bonds is 9. The summed E-state index contributed by atoms with van der Waals surface area (Å²) in [5, 5.41) is 27.0. The first kappa shape index (κ1) is 27.5. The number of Topliss-reactive ketones (excluding diaryl/α,β-unsaturated/α-hetero) is 1. The van der Waals surface area contributed by atoms with Crippen molar-refractivity contribution in [1.82, 2.24) is 19.9 Å². The summed E-state index contributed by atoms with van der Waals surface area (Å²) in [6, 6.07) is 19.8. The highest BCUT2D eigenvalue weighted by molar-refractivity contribution is 6.30. The molecule has 0 bridgehead atoms. The molecule has 5 rings (SSSR count). The Labute approximate surface area is 240 Å². The van der Waals surface area contributed by atoms with Crippen molar-refractivity contribution in [1.29, 1.82) is 5.26 Å². The van der Waals surface area contributed by atoms with E-state index in [1.54, 1.807) is 64.4 Å². The lowest BCUT2D eigenvalue weighted by atomic mass is 9.92. The summed E-state index contributed by atoms with van der Waals surface area (Å²) < 4.78 is 1.60. The number of ketones is 1. The summed E-state index contributed by atoms with van der Waals surface area (Å²) in [5.41, 5.74) is 4.24. The van der Waals surface area contributed by atoms with Gasteiger partial charge in [-0.25, -0.2) is 9.48 Å². The molecule has 0 radical (unpaired) electrons. The molecule has 1 N–H and O–H groups in total. The molecule has 0 spiro atoms. The highest BCUT2D eigenvalue weighted by atomic mass is 35.5. The molecule has 204 valence electrons. The van der Waals surface area contributed by atoms with Crippen LogP contribution in [0.3, 0.4) is 0 Å². The lowest BCUT2D eigenvalue weighted by molar-refractivity contribution is -0.136. The van der Waals surface area contributed by atoms with Gasteiger partial charge in [-0.05, 0) is 65.6 Å². The molecule has 3 aromatic carbocycles. The van der Waals surface area contributed by atoms with E-state index in [2.05, 4.69) is 16.4 Å². The van der Waals surface area contributed by atoms with E-state index >= 15 is 0 Å². The van der Waals surface area contributed by atoms with Gasteiger partial charge in [0.15, 0.2) is 5.78 Å². The molecule has 1 aliphatic heterocycles. The van der Waals surface area contributed by atoms with Gasteiger partial charge >= 0.3 is 5.97 Å². The molecule has 9 nitrogen and oxygen atoms in total. The smallest absolute Gasteiger partial charge is 0.335 e. The maximum atomic E-state index is 13.7. The van der Waals surface area contributed by atoms with Gasteiger partial charge in [-0.15, -0.1) is 5.10 Å². The average molecular weight is 566 g/mol. The Kier molecular flexibility index (Phi) is 8.04. The molecule has 0 unspecified atom stereocenters. The van der Waals surface area contributed by atoms with Crippen LogP contribution >= 0.6 is 11.6 Å². The zero-order valence-electron chi connectivity index (χ0n) is 21.8. The molecule has 0 saturated heterocycles. The van der Waals surface area contributed by atoms with Gasteiger partial charge in [-0.1, -0.05) is 41.1 Å². The van der Waals surface area contributed by atoms with Crippen LogP contribution in [0.4, 0.5) is 0 Å². The van der Waals surface area contributed by atoms with E-state index < -0.39 is 12.0 Å². The minimum Gasteiger partial charge on any atom is -0.478 e. The number of hydrogen-bond donors (Lipinski definition) is 1. The first-order chi connectivity index (χ1) is 19.8. The Morgan fingerprint density at radius 2 is 1.88 bits per heavy atom. The maximum Gasteiger partial charge on any atom is 0.335 e. The number of benzene rings is 3. The third-order valence-electron chi connectivity index (χ3n) is 6.99. The van der Waals surface area contributed by atoms with E-state index in [0.717, 1.165) is 22.4 Å². The number of carbonyl (C=O) groups excluding carboxylic acids is 2. The van der Waals surface area contributed by atoms with Crippen molar-refractivity contribution in [3.05, 3.63) is 118 Å². The van der Waals surface area contributed by atoms with Crippen LogP contribution in [0.1, 0.15) is 39.0 Å². The summed E-state index contributed by atoms with van der Waals surface area (Å²) in [4.78, 5) is 40.1. The number of amides is 1. The van der Waals surface area contributed by atoms with Gasteiger partial charge in [0.25, 0.3) is 0 Å². The number of carboxylic acids is 1. The number of carbonyl (C=O) groups is 3. The second-order valence-electron chi connectivity index (χ2n) is 9.64. The molecule has 0 saturated carbocycles. The third kappa shape index (κ3) is 6.24. The molecule has 0 fully saturated rings. The van der Waals surface area contributed by atoms with Crippen molar-refractivity contribution in [3.8, 4) is 11.8 Å². The van der Waals surface area contributed by atoms with E-state index in [1.165, 1.54) is 18.2 Å². The van der Waals surface area contributed by atoms with Crippen LogP contribution in [0.5, 0.6) is 0 Å². The van der Waals surface area contributed by atoms with Gasteiger partial charge in [-0.2, -0.15) is 5.26 Å². The number of carboxylic acid groups (broad SMARTS) is 1. The minimum atomic E-state index is -1.05. The number of hydrogen-bond acceptors (Lipinski definition) is 6. The number of aromatic nitrogens is 3. The second-order valence-corrected chi connectivity index (χ2v) is 10.1. The van der Waals surface area contributed by atoms with Crippen molar-refractivity contribution in [2.45, 2.75) is 25.3 Å². The van der Waals surface area contributed by atoms with Gasteiger partial charge in [0.1, 0.15) is 0 Å². The lowest BCUT2D eigenvalue weighted by Crippen LogP contribution is -2.48. The van der Waals surface area contributed by atoms with E-state index in [0.29, 0.717) is 29.1 Å². The molecular weight excluding hydrogens is 542 g/mol. The van der Waals surface area contributed by atoms with Gasteiger partial charge < -0.3 is 10.0 Å². The highest BCUT2D eigenvalue weighted by Gasteiger charge is 2.32. The van der Waals surface area contributed by atoms with E-state index in [-0.39, 0.29) is 30.1 Å². The number of nitriles is 1. The molecule has 1 amide bonds. The van der Waals surface area contributed by atoms with Crippen LogP contribution in [0.25, 0.3) is 11.3 Å². The molecule has 1 atom stereocenters. The van der Waals surface area contributed by atoms with Crippen molar-refractivity contribution < 1.29 is 19.5 Å². The van der Waals surface area contributed by atoms with Gasteiger partial charge in [0, 0.05) is 36.0 Å². The largest absolute Gasteiger partial charge is 0.478 e. The average Bonchev–Trinajstić information content (AvgIpc) is 3.51. The predicted molar refractivity (Wildman–Crippen MR) is 151 cm³/mol. The fraction of sp³-hybridized carbons (Fsp3) is 0.161. The van der Waals surface area contributed by atoms with Crippen LogP contribution in [-0.4, -0.2) is 55.2 Å². The zero-order valence-corrected chi connectivity index (χ0v) is 22.5. The van der Waals surface area contributed by atoms with Gasteiger partial charge in [-0.3, -0.25) is 9.59 Å². The summed E-state index contributed by atoms with van der Waals surface area (Å²) in [6.45, 7) is 0.292. The second kappa shape index (κ2) is 12.0. The highest BCUT2D eigenvalue weighted by Crippen LogP contribution is 2.31. The molecule has 1 aliphatic rings. The maximum absolute atomic E-state index is 13.7. The Morgan fingerprint density at radius 1 is 1.07 bits per heavy atom. The van der Waals surface area contributed by atoms with Crippen molar-refractivity contribution in [2.24, 2.45) is 0 Å². The van der Waals surface area contributed by atoms with Crippen LogP contribution in [-0.2, 0) is 22.4 Å². The molecule has 2 heterocycles. The van der Waals surface area contributed by atoms with Crippen molar-refractivity contribution >= 4 is 34.8 Å². The monoisotopic (exact) mass is 565 g/mol. The predicted octanol–water partition coefficient (Wildman–Crippen LogP) is 4.53. The van der Waals surface area contributed by atoms with Crippen LogP contribution in [0.15, 0.2) is 85.2 Å².